The molecule has 9 aromatic carbocycles. The second-order valence-corrected chi connectivity index (χ2v) is 15.3. The number of hydrogen-bond donors (Lipinski definition) is 0. The van der Waals surface area contributed by atoms with Crippen LogP contribution in [-0.2, 0) is 0 Å². The molecule has 12 rings (SSSR count). The Morgan fingerprint density at radius 2 is 1.02 bits per heavy atom. The normalized spacial score (nSPS) is 12.6. The van der Waals surface area contributed by atoms with Gasteiger partial charge in [-0.1, -0.05) is 146 Å². The monoisotopic (exact) mass is 738 g/mol. The fourth-order valence-electron chi connectivity index (χ4n) is 9.34. The lowest BCUT2D eigenvalue weighted by Crippen LogP contribution is -2.56. The van der Waals surface area contributed by atoms with E-state index in [9.17, 15) is 0 Å². The Bertz CT molecular complexity index is 3140. The van der Waals surface area contributed by atoms with E-state index in [1.165, 1.54) is 60.5 Å². The third-order valence-electron chi connectivity index (χ3n) is 12.0. The van der Waals surface area contributed by atoms with E-state index in [1.807, 2.05) is 0 Å². The zero-order valence-corrected chi connectivity index (χ0v) is 31.6. The molecule has 0 bridgehead atoms. The van der Waals surface area contributed by atoms with Crippen molar-refractivity contribution in [3.05, 3.63) is 212 Å². The van der Waals surface area contributed by atoms with Gasteiger partial charge in [-0.2, -0.15) is 0 Å². The van der Waals surface area contributed by atoms with E-state index >= 15 is 0 Å². The minimum atomic E-state index is -0.326. The van der Waals surface area contributed by atoms with Crippen molar-refractivity contribution in [2.75, 3.05) is 4.90 Å². The number of fused-ring (bicyclic) bond motifs is 8. The molecule has 270 valence electrons. The number of para-hydroxylation sites is 1. The average Bonchev–Trinajstić information content (AvgIpc) is 3.74. The molecule has 0 spiro atoms. The molecule has 0 aliphatic carbocycles. The molecule has 2 aliphatic heterocycles. The van der Waals surface area contributed by atoms with Gasteiger partial charge in [-0.15, -0.1) is 0 Å². The fourth-order valence-corrected chi connectivity index (χ4v) is 9.34. The third kappa shape index (κ3) is 5.08. The maximum Gasteiger partial charge on any atom is 0.432 e. The van der Waals surface area contributed by atoms with Crippen LogP contribution in [0.5, 0.6) is 5.75 Å². The SMILES string of the molecule is c1ccc(-c2cc(-c3ccccc3)cc(N3c4ccc5ccccc5c4B4Oc5ccc(-c6ccccc6)cc5-c5cc6c(ccn6-c6ccccc6)c3c54)c2)cc1. The summed E-state index contributed by atoms with van der Waals surface area (Å²) in [6, 6.07) is 74.6. The molecule has 0 saturated heterocycles. The second-order valence-electron chi connectivity index (χ2n) is 15.3. The molecule has 0 unspecified atom stereocenters. The Kier molecular flexibility index (Phi) is 7.33. The predicted octanol–water partition coefficient (Wildman–Crippen LogP) is 12.7. The first kappa shape index (κ1) is 32.7. The highest BCUT2D eigenvalue weighted by molar-refractivity contribution is 6.87. The van der Waals surface area contributed by atoms with Gasteiger partial charge < -0.3 is 14.1 Å². The molecule has 58 heavy (non-hydrogen) atoms. The Morgan fingerprint density at radius 3 is 1.71 bits per heavy atom. The van der Waals surface area contributed by atoms with Gasteiger partial charge >= 0.3 is 6.92 Å². The Balaban J connectivity index is 1.22. The number of anilines is 3. The van der Waals surface area contributed by atoms with Crippen LogP contribution in [0.2, 0.25) is 0 Å². The van der Waals surface area contributed by atoms with Crippen molar-refractivity contribution in [3.63, 3.8) is 0 Å². The summed E-state index contributed by atoms with van der Waals surface area (Å²) in [5, 5.41) is 3.56. The van der Waals surface area contributed by atoms with Gasteiger partial charge in [0.15, 0.2) is 0 Å². The zero-order chi connectivity index (χ0) is 38.2. The number of aromatic nitrogens is 1. The van der Waals surface area contributed by atoms with Crippen LogP contribution >= 0.6 is 0 Å². The molecule has 0 N–H and O–H groups in total. The predicted molar refractivity (Wildman–Crippen MR) is 243 cm³/mol. The van der Waals surface area contributed by atoms with E-state index in [0.717, 1.165) is 45.1 Å². The van der Waals surface area contributed by atoms with Gasteiger partial charge in [-0.3, -0.25) is 0 Å². The molecule has 10 aromatic rings. The summed E-state index contributed by atoms with van der Waals surface area (Å²) in [4.78, 5) is 2.53. The number of nitrogens with zero attached hydrogens (tertiary/aromatic N) is 2. The first-order valence-electron chi connectivity index (χ1n) is 19.9. The van der Waals surface area contributed by atoms with Crippen LogP contribution in [0.25, 0.3) is 71.9 Å². The summed E-state index contributed by atoms with van der Waals surface area (Å²) in [6.45, 7) is -0.326. The van der Waals surface area contributed by atoms with Crippen molar-refractivity contribution in [1.29, 1.82) is 0 Å². The first-order chi connectivity index (χ1) is 28.8. The minimum absolute atomic E-state index is 0.326. The number of rotatable bonds is 5. The van der Waals surface area contributed by atoms with Gasteiger partial charge in [-0.25, -0.2) is 0 Å². The van der Waals surface area contributed by atoms with Crippen molar-refractivity contribution in [1.82, 2.24) is 4.57 Å². The van der Waals surface area contributed by atoms with Gasteiger partial charge in [0.2, 0.25) is 0 Å². The van der Waals surface area contributed by atoms with Gasteiger partial charge in [0.1, 0.15) is 5.75 Å². The lowest BCUT2D eigenvalue weighted by Gasteiger charge is -2.41. The van der Waals surface area contributed by atoms with Crippen LogP contribution in [0.15, 0.2) is 212 Å². The molecule has 1 aromatic heterocycles. The molecule has 4 heteroatoms. The topological polar surface area (TPSA) is 17.4 Å². The van der Waals surface area contributed by atoms with Gasteiger partial charge in [0.25, 0.3) is 0 Å². The van der Waals surface area contributed by atoms with Crippen LogP contribution < -0.4 is 20.5 Å². The maximum absolute atomic E-state index is 7.34. The highest BCUT2D eigenvalue weighted by Gasteiger charge is 2.45. The maximum atomic E-state index is 7.34. The largest absolute Gasteiger partial charge is 0.551 e. The zero-order valence-electron chi connectivity index (χ0n) is 31.6. The lowest BCUT2D eigenvalue weighted by molar-refractivity contribution is 0.590. The Hall–Kier alpha value is -7.56. The minimum Gasteiger partial charge on any atom is -0.551 e. The molecular formula is C54H35BN2O. The van der Waals surface area contributed by atoms with E-state index in [4.69, 9.17) is 4.65 Å². The quantitative estimate of drug-likeness (QED) is 0.164. The van der Waals surface area contributed by atoms with E-state index in [0.29, 0.717) is 0 Å². The van der Waals surface area contributed by atoms with Crippen LogP contribution in [0.3, 0.4) is 0 Å². The molecular weight excluding hydrogens is 703 g/mol. The lowest BCUT2D eigenvalue weighted by atomic mass is 9.48. The fraction of sp³-hybridized carbons (Fsp3) is 0. The van der Waals surface area contributed by atoms with Crippen molar-refractivity contribution in [2.45, 2.75) is 0 Å². The smallest absolute Gasteiger partial charge is 0.432 e. The van der Waals surface area contributed by atoms with E-state index in [1.54, 1.807) is 0 Å². The Labute approximate surface area is 337 Å². The summed E-state index contributed by atoms with van der Waals surface area (Å²) in [7, 11) is 0. The molecule has 0 amide bonds. The molecule has 3 heterocycles. The van der Waals surface area contributed by atoms with Gasteiger partial charge in [0, 0.05) is 45.1 Å². The van der Waals surface area contributed by atoms with Crippen molar-refractivity contribution in [2.24, 2.45) is 0 Å². The Morgan fingerprint density at radius 1 is 0.397 bits per heavy atom. The van der Waals surface area contributed by atoms with Crippen LogP contribution in [0.1, 0.15) is 0 Å². The third-order valence-corrected chi connectivity index (χ3v) is 12.0. The molecule has 0 fully saturated rings. The number of hydrogen-bond acceptors (Lipinski definition) is 2. The first-order valence-corrected chi connectivity index (χ1v) is 19.9. The molecule has 0 saturated carbocycles. The highest BCUT2D eigenvalue weighted by Crippen LogP contribution is 2.49. The van der Waals surface area contributed by atoms with Crippen LogP contribution in [0, 0.1) is 0 Å². The average molecular weight is 739 g/mol. The van der Waals surface area contributed by atoms with E-state index in [2.05, 4.69) is 222 Å². The highest BCUT2D eigenvalue weighted by atomic mass is 16.4. The molecule has 0 atom stereocenters. The summed E-state index contributed by atoms with van der Waals surface area (Å²) in [5.74, 6) is 0.894. The molecule has 2 aliphatic rings. The standard InChI is InChI=1S/C54H35BN2O/c1-5-15-36(16-6-1)40-26-28-51-47(34-40)48-35-50-46(29-30-56(50)43-22-11-4-12-23-43)54-53(48)55(58-51)52-45-24-14-13-21-39(45)25-27-49(52)57(54)44-32-41(37-17-7-2-8-18-37)31-42(33-44)38-19-9-3-10-20-38/h1-35H. The van der Waals surface area contributed by atoms with Crippen molar-refractivity contribution in [3.8, 4) is 55.9 Å². The summed E-state index contributed by atoms with van der Waals surface area (Å²) >= 11 is 0. The van der Waals surface area contributed by atoms with Gasteiger partial charge in [0.05, 0.1) is 11.2 Å². The van der Waals surface area contributed by atoms with E-state index in [-0.39, 0.29) is 6.92 Å². The summed E-state index contributed by atoms with van der Waals surface area (Å²) in [6.07, 6.45) is 2.23. The second kappa shape index (κ2) is 13.0. The van der Waals surface area contributed by atoms with Crippen molar-refractivity contribution >= 4 is 56.6 Å². The summed E-state index contributed by atoms with van der Waals surface area (Å²) < 4.78 is 9.68. The van der Waals surface area contributed by atoms with Crippen molar-refractivity contribution < 1.29 is 4.65 Å². The van der Waals surface area contributed by atoms with E-state index < -0.39 is 0 Å². The summed E-state index contributed by atoms with van der Waals surface area (Å²) in [5.41, 5.74) is 17.3. The van der Waals surface area contributed by atoms with Crippen LogP contribution in [-0.4, -0.2) is 11.5 Å². The van der Waals surface area contributed by atoms with Crippen LogP contribution in [0.4, 0.5) is 17.1 Å². The van der Waals surface area contributed by atoms with Gasteiger partial charge in [-0.05, 0) is 110 Å². The molecule has 3 nitrogen and oxygen atoms in total. The number of benzene rings is 9. The molecule has 0 radical (unpaired) electrons.